The Hall–Kier alpha value is -2.25. The Kier molecular flexibility index (Phi) is 4.35. The van der Waals surface area contributed by atoms with E-state index < -0.39 is 11.7 Å². The van der Waals surface area contributed by atoms with Gasteiger partial charge in [0.2, 0.25) is 0 Å². The number of nitrogens with zero attached hydrogens (tertiary/aromatic N) is 2. The van der Waals surface area contributed by atoms with E-state index in [0.29, 0.717) is 18.0 Å². The molecule has 0 atom stereocenters. The highest BCUT2D eigenvalue weighted by Gasteiger charge is 2.31. The Morgan fingerprint density at radius 3 is 2.33 bits per heavy atom. The van der Waals surface area contributed by atoms with E-state index in [0.717, 1.165) is 12.1 Å². The maximum atomic E-state index is 12.8. The first kappa shape index (κ1) is 15.1. The predicted molar refractivity (Wildman–Crippen MR) is 72.0 cm³/mol. The normalized spacial score (nSPS) is 11.5. The molecule has 5 nitrogen and oxygen atoms in total. The molecule has 0 spiro atoms. The third-order valence-corrected chi connectivity index (χ3v) is 2.63. The molecule has 0 amide bonds. The molecule has 8 heteroatoms. The largest absolute Gasteiger partial charge is 0.416 e. The highest BCUT2D eigenvalue weighted by Crippen LogP contribution is 2.32. The summed E-state index contributed by atoms with van der Waals surface area (Å²) >= 11 is 0. The molecule has 0 aliphatic carbocycles. The fourth-order valence-electron chi connectivity index (χ4n) is 1.73. The summed E-state index contributed by atoms with van der Waals surface area (Å²) in [5.41, 5.74) is -0.0539. The van der Waals surface area contributed by atoms with Crippen LogP contribution in [0, 0.1) is 6.92 Å². The van der Waals surface area contributed by atoms with Gasteiger partial charge in [-0.25, -0.2) is 4.98 Å². The molecular formula is C13H15F3N4O. The first-order valence-corrected chi connectivity index (χ1v) is 6.37. The maximum Gasteiger partial charge on any atom is 0.416 e. The lowest BCUT2D eigenvalue weighted by atomic mass is 10.2. The van der Waals surface area contributed by atoms with Crippen molar-refractivity contribution < 1.29 is 17.7 Å². The monoisotopic (exact) mass is 300 g/mol. The number of hydrogen-bond acceptors (Lipinski definition) is 5. The number of aryl methyl sites for hydroxylation is 1. The van der Waals surface area contributed by atoms with Gasteiger partial charge in [-0.2, -0.15) is 13.2 Å². The van der Waals surface area contributed by atoms with Crippen molar-refractivity contribution in [3.05, 3.63) is 35.2 Å². The number of anilines is 2. The average molecular weight is 300 g/mol. The fraction of sp³-hybridized carbons (Fsp3) is 0.385. The molecule has 0 fully saturated rings. The molecule has 0 saturated carbocycles. The summed E-state index contributed by atoms with van der Waals surface area (Å²) in [5.74, 6) is 0.815. The van der Waals surface area contributed by atoms with E-state index in [1.54, 1.807) is 19.9 Å². The van der Waals surface area contributed by atoms with Crippen molar-refractivity contribution in [2.75, 3.05) is 17.2 Å². The number of nitrogens with one attached hydrogen (secondary N) is 2. The molecule has 2 N–H and O–H groups in total. The number of alkyl halides is 3. The summed E-state index contributed by atoms with van der Waals surface area (Å²) < 4.78 is 43.5. The molecule has 0 radical (unpaired) electrons. The van der Waals surface area contributed by atoms with Crippen molar-refractivity contribution in [1.29, 1.82) is 0 Å². The Morgan fingerprint density at radius 1 is 1.14 bits per heavy atom. The third kappa shape index (κ3) is 4.11. The molecule has 2 heterocycles. The second kappa shape index (κ2) is 6.02. The van der Waals surface area contributed by atoms with Gasteiger partial charge in [-0.3, -0.25) is 0 Å². The summed E-state index contributed by atoms with van der Waals surface area (Å²) in [7, 11) is 0. The number of halogens is 3. The SMILES string of the molecule is CCNc1cc(C(F)(F)F)cc(NCc2cc(C)no2)n1. The molecule has 0 aromatic carbocycles. The molecule has 21 heavy (non-hydrogen) atoms. The quantitative estimate of drug-likeness (QED) is 0.885. The van der Waals surface area contributed by atoms with Gasteiger partial charge in [-0.05, 0) is 26.0 Å². The molecule has 0 bridgehead atoms. The lowest BCUT2D eigenvalue weighted by Gasteiger charge is -2.12. The summed E-state index contributed by atoms with van der Waals surface area (Å²) in [6.07, 6.45) is -4.42. The Balaban J connectivity index is 2.19. The first-order valence-electron chi connectivity index (χ1n) is 6.37. The van der Waals surface area contributed by atoms with Crippen LogP contribution in [-0.2, 0) is 12.7 Å². The summed E-state index contributed by atoms with van der Waals surface area (Å²) in [5, 5.41) is 9.28. The van der Waals surface area contributed by atoms with Crippen LogP contribution >= 0.6 is 0 Å². The van der Waals surface area contributed by atoms with E-state index in [4.69, 9.17) is 4.52 Å². The number of hydrogen-bond donors (Lipinski definition) is 2. The zero-order chi connectivity index (χ0) is 15.5. The van der Waals surface area contributed by atoms with Gasteiger partial charge >= 0.3 is 6.18 Å². The Morgan fingerprint density at radius 2 is 1.81 bits per heavy atom. The molecule has 0 saturated heterocycles. The molecule has 114 valence electrons. The van der Waals surface area contributed by atoms with Gasteiger partial charge in [0.25, 0.3) is 0 Å². The van der Waals surface area contributed by atoms with Gasteiger partial charge < -0.3 is 15.2 Å². The molecule has 2 rings (SSSR count). The van der Waals surface area contributed by atoms with Gasteiger partial charge in [0.05, 0.1) is 17.8 Å². The Labute approximate surface area is 119 Å². The van der Waals surface area contributed by atoms with Gasteiger partial charge in [0.15, 0.2) is 5.76 Å². The van der Waals surface area contributed by atoms with Gasteiger partial charge in [0, 0.05) is 12.6 Å². The topological polar surface area (TPSA) is 63.0 Å². The van der Waals surface area contributed by atoms with E-state index in [1.165, 1.54) is 0 Å². The van der Waals surface area contributed by atoms with Crippen molar-refractivity contribution in [3.8, 4) is 0 Å². The van der Waals surface area contributed by atoms with Gasteiger partial charge in [-0.15, -0.1) is 0 Å². The highest BCUT2D eigenvalue weighted by atomic mass is 19.4. The molecule has 0 unspecified atom stereocenters. The van der Waals surface area contributed by atoms with Crippen LogP contribution in [0.1, 0.15) is 23.9 Å². The van der Waals surface area contributed by atoms with Gasteiger partial charge in [0.1, 0.15) is 11.6 Å². The zero-order valence-corrected chi connectivity index (χ0v) is 11.6. The molecule has 0 aliphatic heterocycles. The Bertz CT molecular complexity index is 610. The number of pyridine rings is 1. The summed E-state index contributed by atoms with van der Waals surface area (Å²) in [6.45, 7) is 4.24. The first-order chi connectivity index (χ1) is 9.88. The molecule has 2 aromatic heterocycles. The van der Waals surface area contributed by atoms with Crippen LogP contribution in [0.5, 0.6) is 0 Å². The van der Waals surface area contributed by atoms with Crippen molar-refractivity contribution >= 4 is 11.6 Å². The average Bonchev–Trinajstić information content (AvgIpc) is 2.81. The van der Waals surface area contributed by atoms with Crippen LogP contribution < -0.4 is 10.6 Å². The van der Waals surface area contributed by atoms with Crippen LogP contribution in [0.15, 0.2) is 22.7 Å². The van der Waals surface area contributed by atoms with E-state index in [2.05, 4.69) is 20.8 Å². The number of rotatable bonds is 5. The van der Waals surface area contributed by atoms with Crippen molar-refractivity contribution in [3.63, 3.8) is 0 Å². The zero-order valence-electron chi connectivity index (χ0n) is 11.6. The molecule has 2 aromatic rings. The summed E-state index contributed by atoms with van der Waals surface area (Å²) in [6, 6.07) is 3.64. The van der Waals surface area contributed by atoms with Crippen LogP contribution in [0.2, 0.25) is 0 Å². The van der Waals surface area contributed by atoms with E-state index in [-0.39, 0.29) is 18.2 Å². The highest BCUT2D eigenvalue weighted by molar-refractivity contribution is 5.49. The van der Waals surface area contributed by atoms with Crippen LogP contribution in [0.4, 0.5) is 24.8 Å². The standard InChI is InChI=1S/C13H15F3N4O/c1-3-17-11-5-9(13(14,15)16)6-12(19-11)18-7-10-4-8(2)20-21-10/h4-6H,3,7H2,1-2H3,(H2,17,18,19). The minimum Gasteiger partial charge on any atom is -0.370 e. The van der Waals surface area contributed by atoms with Crippen molar-refractivity contribution in [1.82, 2.24) is 10.1 Å². The smallest absolute Gasteiger partial charge is 0.370 e. The van der Waals surface area contributed by atoms with Crippen LogP contribution in [0.3, 0.4) is 0 Å². The lowest BCUT2D eigenvalue weighted by molar-refractivity contribution is -0.137. The second-order valence-corrected chi connectivity index (χ2v) is 4.44. The minimum absolute atomic E-state index is 0.120. The summed E-state index contributed by atoms with van der Waals surface area (Å²) in [4.78, 5) is 4.07. The fourth-order valence-corrected chi connectivity index (χ4v) is 1.73. The van der Waals surface area contributed by atoms with Crippen molar-refractivity contribution in [2.24, 2.45) is 0 Å². The minimum atomic E-state index is -4.42. The van der Waals surface area contributed by atoms with Gasteiger partial charge in [-0.1, -0.05) is 5.16 Å². The van der Waals surface area contributed by atoms with Crippen LogP contribution in [-0.4, -0.2) is 16.7 Å². The predicted octanol–water partition coefficient (Wildman–Crippen LogP) is 3.44. The third-order valence-electron chi connectivity index (χ3n) is 2.63. The van der Waals surface area contributed by atoms with Crippen molar-refractivity contribution in [2.45, 2.75) is 26.6 Å². The molecule has 0 aliphatic rings. The lowest BCUT2D eigenvalue weighted by Crippen LogP contribution is -2.10. The molecular weight excluding hydrogens is 285 g/mol. The maximum absolute atomic E-state index is 12.8. The van der Waals surface area contributed by atoms with E-state index >= 15 is 0 Å². The van der Waals surface area contributed by atoms with Crippen LogP contribution in [0.25, 0.3) is 0 Å². The second-order valence-electron chi connectivity index (χ2n) is 4.44. The number of aromatic nitrogens is 2. The van der Waals surface area contributed by atoms with E-state index in [9.17, 15) is 13.2 Å². The van der Waals surface area contributed by atoms with E-state index in [1.807, 2.05) is 0 Å².